The minimum Gasteiger partial charge on any atom is -0.379 e. The normalized spacial score (nSPS) is 14.7. The number of aromatic nitrogens is 2. The molecule has 31 heavy (non-hydrogen) atoms. The average Bonchev–Trinajstić information content (AvgIpc) is 2.76. The number of hydrogen-bond acceptors (Lipinski definition) is 5. The zero-order valence-electron chi connectivity index (χ0n) is 18.3. The Balaban J connectivity index is 1.62. The van der Waals surface area contributed by atoms with Gasteiger partial charge in [-0.15, -0.1) is 0 Å². The van der Waals surface area contributed by atoms with Gasteiger partial charge in [-0.2, -0.15) is 5.10 Å². The predicted octanol–water partition coefficient (Wildman–Crippen LogP) is 2.31. The van der Waals surface area contributed by atoms with E-state index in [1.54, 1.807) is 11.7 Å². The van der Waals surface area contributed by atoms with Gasteiger partial charge in [-0.05, 0) is 36.6 Å². The molecule has 0 saturated carbocycles. The van der Waals surface area contributed by atoms with Gasteiger partial charge in [-0.25, -0.2) is 0 Å². The van der Waals surface area contributed by atoms with Crippen molar-refractivity contribution in [3.8, 4) is 0 Å². The Morgan fingerprint density at radius 3 is 2.52 bits per heavy atom. The quantitative estimate of drug-likeness (QED) is 0.686. The minimum atomic E-state index is -0.459. The number of aryl methyl sites for hydroxylation is 3. The Morgan fingerprint density at radius 2 is 1.81 bits per heavy atom. The molecule has 7 nitrogen and oxygen atoms in total. The Morgan fingerprint density at radius 1 is 1.10 bits per heavy atom. The third-order valence-electron chi connectivity index (χ3n) is 5.69. The number of fused-ring (bicyclic) bond motifs is 1. The van der Waals surface area contributed by atoms with E-state index in [9.17, 15) is 9.59 Å². The molecule has 0 aliphatic carbocycles. The second-order valence-corrected chi connectivity index (χ2v) is 8.17. The summed E-state index contributed by atoms with van der Waals surface area (Å²) < 4.78 is 7.05. The summed E-state index contributed by atoms with van der Waals surface area (Å²) in [5, 5.41) is 7.65. The Hall–Kier alpha value is -3.03. The standard InChI is InChI=1S/C24H28N4O3/c1-16-4-6-18(7-5-16)14-25-24(30)21-23(29)20-13-19(15-28-8-10-31-11-9-28)12-17(2)22(20)27(3)26-21/h4-7,12-13H,8-11,14-15H2,1-3H3,(H,25,30). The topological polar surface area (TPSA) is 76.5 Å². The third kappa shape index (κ3) is 4.68. The van der Waals surface area contributed by atoms with Gasteiger partial charge in [-0.1, -0.05) is 35.9 Å². The van der Waals surface area contributed by atoms with Gasteiger partial charge in [0.05, 0.1) is 24.1 Å². The Kier molecular flexibility index (Phi) is 6.15. The molecule has 0 unspecified atom stereocenters. The monoisotopic (exact) mass is 420 g/mol. The molecule has 162 valence electrons. The number of nitrogens with zero attached hydrogens (tertiary/aromatic N) is 3. The van der Waals surface area contributed by atoms with E-state index in [1.165, 1.54) is 0 Å². The van der Waals surface area contributed by atoms with E-state index in [4.69, 9.17) is 4.74 Å². The minimum absolute atomic E-state index is 0.0787. The zero-order valence-corrected chi connectivity index (χ0v) is 18.3. The van der Waals surface area contributed by atoms with Crippen molar-refractivity contribution in [1.82, 2.24) is 20.0 Å². The number of rotatable bonds is 5. The smallest absolute Gasteiger partial charge is 0.276 e. The van der Waals surface area contributed by atoms with E-state index in [2.05, 4.69) is 21.4 Å². The number of benzene rings is 2. The van der Waals surface area contributed by atoms with Gasteiger partial charge in [0.2, 0.25) is 5.43 Å². The molecule has 0 radical (unpaired) electrons. The summed E-state index contributed by atoms with van der Waals surface area (Å²) in [5.74, 6) is -0.459. The summed E-state index contributed by atoms with van der Waals surface area (Å²) in [6.45, 7) is 8.28. The van der Waals surface area contributed by atoms with Crippen LogP contribution in [0, 0.1) is 13.8 Å². The highest BCUT2D eigenvalue weighted by Gasteiger charge is 2.19. The molecule has 7 heteroatoms. The van der Waals surface area contributed by atoms with E-state index in [-0.39, 0.29) is 11.1 Å². The van der Waals surface area contributed by atoms with Gasteiger partial charge in [0.15, 0.2) is 5.69 Å². The van der Waals surface area contributed by atoms with E-state index in [0.717, 1.165) is 60.6 Å². The molecule has 2 heterocycles. The molecule has 1 amide bonds. The van der Waals surface area contributed by atoms with Crippen LogP contribution in [-0.2, 0) is 24.9 Å². The lowest BCUT2D eigenvalue weighted by Crippen LogP contribution is -2.35. The van der Waals surface area contributed by atoms with Gasteiger partial charge in [0, 0.05) is 33.2 Å². The lowest BCUT2D eigenvalue weighted by Gasteiger charge is -2.26. The molecule has 4 rings (SSSR count). The van der Waals surface area contributed by atoms with Crippen LogP contribution in [0.1, 0.15) is 32.7 Å². The summed E-state index contributed by atoms with van der Waals surface area (Å²) in [6, 6.07) is 11.9. The summed E-state index contributed by atoms with van der Waals surface area (Å²) in [4.78, 5) is 28.3. The van der Waals surface area contributed by atoms with Crippen molar-refractivity contribution in [3.05, 3.63) is 74.6 Å². The average molecular weight is 421 g/mol. The fourth-order valence-corrected chi connectivity index (χ4v) is 4.06. The van der Waals surface area contributed by atoms with Crippen LogP contribution >= 0.6 is 0 Å². The van der Waals surface area contributed by atoms with E-state index in [1.807, 2.05) is 44.2 Å². The zero-order chi connectivity index (χ0) is 22.0. The highest BCUT2D eigenvalue weighted by molar-refractivity contribution is 5.95. The van der Waals surface area contributed by atoms with Gasteiger partial charge >= 0.3 is 0 Å². The maximum absolute atomic E-state index is 13.2. The van der Waals surface area contributed by atoms with Crippen molar-refractivity contribution in [2.24, 2.45) is 7.05 Å². The molecule has 1 aromatic heterocycles. The van der Waals surface area contributed by atoms with E-state index in [0.29, 0.717) is 11.9 Å². The first-order chi connectivity index (χ1) is 14.9. The Bertz CT molecular complexity index is 1160. The van der Waals surface area contributed by atoms with Crippen LogP contribution in [0.25, 0.3) is 10.9 Å². The Labute approximate surface area is 181 Å². The van der Waals surface area contributed by atoms with Crippen LogP contribution < -0.4 is 10.7 Å². The molecule has 0 spiro atoms. The first-order valence-electron chi connectivity index (χ1n) is 10.6. The first kappa shape index (κ1) is 21.2. The molecule has 1 N–H and O–H groups in total. The lowest BCUT2D eigenvalue weighted by molar-refractivity contribution is 0.0342. The van der Waals surface area contributed by atoms with Crippen molar-refractivity contribution in [2.45, 2.75) is 26.9 Å². The molecular formula is C24H28N4O3. The van der Waals surface area contributed by atoms with Crippen LogP contribution in [0.15, 0.2) is 41.2 Å². The maximum atomic E-state index is 13.2. The van der Waals surface area contributed by atoms with Crippen LogP contribution in [-0.4, -0.2) is 46.9 Å². The SMILES string of the molecule is Cc1ccc(CNC(=O)c2nn(C)c3c(C)cc(CN4CCOCC4)cc3c2=O)cc1. The molecule has 1 saturated heterocycles. The molecular weight excluding hydrogens is 392 g/mol. The highest BCUT2D eigenvalue weighted by atomic mass is 16.5. The van der Waals surface area contributed by atoms with Crippen LogP contribution in [0.4, 0.5) is 0 Å². The van der Waals surface area contributed by atoms with E-state index >= 15 is 0 Å². The van der Waals surface area contributed by atoms with Gasteiger partial charge < -0.3 is 10.1 Å². The molecule has 2 aromatic carbocycles. The summed E-state index contributed by atoms with van der Waals surface area (Å²) >= 11 is 0. The van der Waals surface area contributed by atoms with Crippen molar-refractivity contribution < 1.29 is 9.53 Å². The van der Waals surface area contributed by atoms with Crippen molar-refractivity contribution in [3.63, 3.8) is 0 Å². The number of carbonyl (C=O) groups is 1. The number of carbonyl (C=O) groups excluding carboxylic acids is 1. The second kappa shape index (κ2) is 8.99. The maximum Gasteiger partial charge on any atom is 0.276 e. The van der Waals surface area contributed by atoms with Crippen molar-refractivity contribution >= 4 is 16.8 Å². The van der Waals surface area contributed by atoms with Gasteiger partial charge in [-0.3, -0.25) is 19.2 Å². The number of morpholine rings is 1. The molecule has 1 aliphatic rings. The van der Waals surface area contributed by atoms with Crippen LogP contribution in [0.3, 0.4) is 0 Å². The van der Waals surface area contributed by atoms with Crippen LogP contribution in [0.2, 0.25) is 0 Å². The van der Waals surface area contributed by atoms with Crippen molar-refractivity contribution in [1.29, 1.82) is 0 Å². The summed E-state index contributed by atoms with van der Waals surface area (Å²) in [7, 11) is 1.77. The molecule has 1 aliphatic heterocycles. The van der Waals surface area contributed by atoms with E-state index < -0.39 is 5.91 Å². The lowest BCUT2D eigenvalue weighted by atomic mass is 10.0. The number of hydrogen-bond donors (Lipinski definition) is 1. The highest BCUT2D eigenvalue weighted by Crippen LogP contribution is 2.19. The fraction of sp³-hybridized carbons (Fsp3) is 0.375. The molecule has 1 fully saturated rings. The molecule has 0 bridgehead atoms. The van der Waals surface area contributed by atoms with Crippen LogP contribution in [0.5, 0.6) is 0 Å². The summed E-state index contributed by atoms with van der Waals surface area (Å²) in [5.41, 5.74) is 4.50. The number of amides is 1. The molecule has 3 aromatic rings. The predicted molar refractivity (Wildman–Crippen MR) is 120 cm³/mol. The summed E-state index contributed by atoms with van der Waals surface area (Å²) in [6.07, 6.45) is 0. The third-order valence-corrected chi connectivity index (χ3v) is 5.69. The largest absolute Gasteiger partial charge is 0.379 e. The van der Waals surface area contributed by atoms with Gasteiger partial charge in [0.1, 0.15) is 0 Å². The fourth-order valence-electron chi connectivity index (χ4n) is 4.06. The first-order valence-corrected chi connectivity index (χ1v) is 10.6. The number of ether oxygens (including phenoxy) is 1. The van der Waals surface area contributed by atoms with Gasteiger partial charge in [0.25, 0.3) is 5.91 Å². The van der Waals surface area contributed by atoms with Crippen molar-refractivity contribution in [2.75, 3.05) is 26.3 Å². The molecule has 0 atom stereocenters. The second-order valence-electron chi connectivity index (χ2n) is 8.17. The number of nitrogens with one attached hydrogen (secondary N) is 1.